The predicted octanol–water partition coefficient (Wildman–Crippen LogP) is 3.93. The fourth-order valence-corrected chi connectivity index (χ4v) is 2.14. The molecule has 17 heavy (non-hydrogen) atoms. The van der Waals surface area contributed by atoms with Crippen molar-refractivity contribution in [3.8, 4) is 12.3 Å². The van der Waals surface area contributed by atoms with Gasteiger partial charge in [0.05, 0.1) is 0 Å². The van der Waals surface area contributed by atoms with Gasteiger partial charge in [0.2, 0.25) is 0 Å². The Hall–Kier alpha value is -1.04. The van der Waals surface area contributed by atoms with Crippen LogP contribution in [0, 0.1) is 18.2 Å². The molecule has 0 fully saturated rings. The van der Waals surface area contributed by atoms with Crippen molar-refractivity contribution >= 4 is 11.6 Å². The maximum Gasteiger partial charge on any atom is 0.129 e. The zero-order valence-electron chi connectivity index (χ0n) is 9.97. The third-order valence-electron chi connectivity index (χ3n) is 2.61. The monoisotopic (exact) mass is 253 g/mol. The zero-order valence-corrected chi connectivity index (χ0v) is 10.7. The largest absolute Gasteiger partial charge is 0.310 e. The van der Waals surface area contributed by atoms with E-state index < -0.39 is 0 Å². The lowest BCUT2D eigenvalue weighted by Crippen LogP contribution is -2.22. The van der Waals surface area contributed by atoms with Crippen molar-refractivity contribution in [3.63, 3.8) is 0 Å². The lowest BCUT2D eigenvalue weighted by atomic mass is 10.0. The number of terminal acetylenes is 1. The molecule has 0 aliphatic carbocycles. The van der Waals surface area contributed by atoms with Crippen LogP contribution in [0.3, 0.4) is 0 Å². The Bertz CT molecular complexity index is 377. The SMILES string of the molecule is C#CCCCC(NCC)c1c(F)cccc1Cl. The Morgan fingerprint density at radius 3 is 2.88 bits per heavy atom. The van der Waals surface area contributed by atoms with Gasteiger partial charge in [-0.25, -0.2) is 4.39 Å². The molecule has 92 valence electrons. The van der Waals surface area contributed by atoms with E-state index in [1.807, 2.05) is 6.92 Å². The van der Waals surface area contributed by atoms with E-state index in [0.717, 1.165) is 19.4 Å². The zero-order chi connectivity index (χ0) is 12.7. The van der Waals surface area contributed by atoms with E-state index in [1.165, 1.54) is 6.07 Å². The number of hydrogen-bond donors (Lipinski definition) is 1. The van der Waals surface area contributed by atoms with Gasteiger partial charge < -0.3 is 5.32 Å². The maximum atomic E-state index is 13.8. The van der Waals surface area contributed by atoms with Crippen LogP contribution in [-0.4, -0.2) is 6.54 Å². The van der Waals surface area contributed by atoms with Crippen molar-refractivity contribution < 1.29 is 4.39 Å². The topological polar surface area (TPSA) is 12.0 Å². The summed E-state index contributed by atoms with van der Waals surface area (Å²) < 4.78 is 13.8. The van der Waals surface area contributed by atoms with Gasteiger partial charge in [0.15, 0.2) is 0 Å². The molecule has 0 aliphatic rings. The van der Waals surface area contributed by atoms with Gasteiger partial charge in [0.25, 0.3) is 0 Å². The molecule has 1 unspecified atom stereocenters. The fraction of sp³-hybridized carbons (Fsp3) is 0.429. The van der Waals surface area contributed by atoms with E-state index in [9.17, 15) is 4.39 Å². The number of rotatable bonds is 6. The fourth-order valence-electron chi connectivity index (χ4n) is 1.85. The number of nitrogens with one attached hydrogen (secondary N) is 1. The van der Waals surface area contributed by atoms with Crippen LogP contribution in [0.5, 0.6) is 0 Å². The van der Waals surface area contributed by atoms with Crippen LogP contribution in [0.25, 0.3) is 0 Å². The van der Waals surface area contributed by atoms with Gasteiger partial charge in [-0.2, -0.15) is 0 Å². The number of hydrogen-bond acceptors (Lipinski definition) is 1. The lowest BCUT2D eigenvalue weighted by molar-refractivity contribution is 0.475. The second-order valence-electron chi connectivity index (χ2n) is 3.84. The highest BCUT2D eigenvalue weighted by molar-refractivity contribution is 6.31. The molecule has 0 aliphatic heterocycles. The summed E-state index contributed by atoms with van der Waals surface area (Å²) in [5.41, 5.74) is 0.549. The molecule has 1 aromatic rings. The summed E-state index contributed by atoms with van der Waals surface area (Å²) >= 11 is 6.05. The highest BCUT2D eigenvalue weighted by Crippen LogP contribution is 2.29. The molecule has 0 radical (unpaired) electrons. The van der Waals surface area contributed by atoms with Crippen LogP contribution in [0.4, 0.5) is 4.39 Å². The first kappa shape index (κ1) is 14.0. The molecule has 1 aromatic carbocycles. The third-order valence-corrected chi connectivity index (χ3v) is 2.94. The molecular weight excluding hydrogens is 237 g/mol. The van der Waals surface area contributed by atoms with Crippen LogP contribution in [0.15, 0.2) is 18.2 Å². The first-order valence-electron chi connectivity index (χ1n) is 5.81. The average molecular weight is 254 g/mol. The smallest absolute Gasteiger partial charge is 0.129 e. The van der Waals surface area contributed by atoms with Gasteiger partial charge >= 0.3 is 0 Å². The summed E-state index contributed by atoms with van der Waals surface area (Å²) in [6.45, 7) is 2.76. The van der Waals surface area contributed by atoms with Crippen LogP contribution < -0.4 is 5.32 Å². The molecule has 0 spiro atoms. The molecule has 0 bridgehead atoms. The Kier molecular flexibility index (Phi) is 6.04. The van der Waals surface area contributed by atoms with Gasteiger partial charge in [-0.3, -0.25) is 0 Å². The van der Waals surface area contributed by atoms with Crippen molar-refractivity contribution in [2.45, 2.75) is 32.2 Å². The minimum atomic E-state index is -0.260. The molecule has 1 nitrogen and oxygen atoms in total. The third kappa shape index (κ3) is 4.03. The van der Waals surface area contributed by atoms with Gasteiger partial charge in [-0.15, -0.1) is 12.3 Å². The molecule has 1 N–H and O–H groups in total. The van der Waals surface area contributed by atoms with E-state index >= 15 is 0 Å². The van der Waals surface area contributed by atoms with Crippen molar-refractivity contribution in [2.75, 3.05) is 6.54 Å². The molecule has 1 atom stereocenters. The lowest BCUT2D eigenvalue weighted by Gasteiger charge is -2.19. The number of unbranched alkanes of at least 4 members (excludes halogenated alkanes) is 1. The second-order valence-corrected chi connectivity index (χ2v) is 4.25. The van der Waals surface area contributed by atoms with E-state index in [1.54, 1.807) is 12.1 Å². The van der Waals surface area contributed by atoms with Crippen molar-refractivity contribution in [1.82, 2.24) is 5.32 Å². The van der Waals surface area contributed by atoms with Crippen molar-refractivity contribution in [3.05, 3.63) is 34.6 Å². The van der Waals surface area contributed by atoms with E-state index in [0.29, 0.717) is 17.0 Å². The average Bonchev–Trinajstić information content (AvgIpc) is 2.29. The molecule has 0 heterocycles. The molecule has 1 rings (SSSR count). The summed E-state index contributed by atoms with van der Waals surface area (Å²) in [6, 6.07) is 4.70. The summed E-state index contributed by atoms with van der Waals surface area (Å²) in [4.78, 5) is 0. The molecule has 0 saturated heterocycles. The van der Waals surface area contributed by atoms with Crippen LogP contribution in [-0.2, 0) is 0 Å². The van der Waals surface area contributed by atoms with E-state index in [2.05, 4.69) is 11.2 Å². The highest BCUT2D eigenvalue weighted by atomic mass is 35.5. The Labute approximate surface area is 107 Å². The normalized spacial score (nSPS) is 12.1. The van der Waals surface area contributed by atoms with E-state index in [4.69, 9.17) is 18.0 Å². The highest BCUT2D eigenvalue weighted by Gasteiger charge is 2.17. The molecule has 0 saturated carbocycles. The van der Waals surface area contributed by atoms with Gasteiger partial charge in [0.1, 0.15) is 5.82 Å². The molecular formula is C14H17ClFN. The quantitative estimate of drug-likeness (QED) is 0.598. The van der Waals surface area contributed by atoms with Gasteiger partial charge in [-0.05, 0) is 31.5 Å². The standard InChI is InChI=1S/C14H17ClFN/c1-3-5-6-10-13(17-4-2)14-11(15)8-7-9-12(14)16/h1,7-9,13,17H,4-6,10H2,2H3. The number of benzene rings is 1. The second kappa shape index (κ2) is 7.32. The number of halogens is 2. The van der Waals surface area contributed by atoms with Crippen LogP contribution in [0.2, 0.25) is 5.02 Å². The van der Waals surface area contributed by atoms with Gasteiger partial charge in [-0.1, -0.05) is 24.6 Å². The van der Waals surface area contributed by atoms with Crippen LogP contribution in [0.1, 0.15) is 37.8 Å². The summed E-state index contributed by atoms with van der Waals surface area (Å²) in [6.07, 6.45) is 7.57. The minimum Gasteiger partial charge on any atom is -0.310 e. The Balaban J connectivity index is 2.85. The minimum absolute atomic E-state index is 0.0675. The Morgan fingerprint density at radius 1 is 1.53 bits per heavy atom. The van der Waals surface area contributed by atoms with Gasteiger partial charge in [0, 0.05) is 23.0 Å². The summed E-state index contributed by atoms with van der Waals surface area (Å²) in [5.74, 6) is 2.33. The maximum absolute atomic E-state index is 13.8. The van der Waals surface area contributed by atoms with Crippen molar-refractivity contribution in [1.29, 1.82) is 0 Å². The molecule has 0 amide bonds. The summed E-state index contributed by atoms with van der Waals surface area (Å²) in [7, 11) is 0. The van der Waals surface area contributed by atoms with Crippen LogP contribution >= 0.6 is 11.6 Å². The van der Waals surface area contributed by atoms with Crippen molar-refractivity contribution in [2.24, 2.45) is 0 Å². The predicted molar refractivity (Wildman–Crippen MR) is 70.5 cm³/mol. The first-order valence-corrected chi connectivity index (χ1v) is 6.19. The molecule has 0 aromatic heterocycles. The first-order chi connectivity index (χ1) is 8.20. The summed E-state index contributed by atoms with van der Waals surface area (Å²) in [5, 5.41) is 3.72. The van der Waals surface area contributed by atoms with E-state index in [-0.39, 0.29) is 11.9 Å². The Morgan fingerprint density at radius 2 is 2.29 bits per heavy atom. The molecule has 3 heteroatoms.